The molecule has 1 unspecified atom stereocenters. The van der Waals surface area contributed by atoms with Gasteiger partial charge in [0, 0.05) is 25.0 Å². The average molecular weight is 300 g/mol. The topological polar surface area (TPSA) is 84.7 Å². The van der Waals surface area contributed by atoms with Crippen molar-refractivity contribution in [3.63, 3.8) is 0 Å². The molecule has 0 saturated carbocycles. The summed E-state index contributed by atoms with van der Waals surface area (Å²) in [6.07, 6.45) is 4.18. The SMILES string of the molecule is CC(C)c1cc(NC(=O)C2CCNC2)n(-c2ncccn2)n1. The van der Waals surface area contributed by atoms with Crippen molar-refractivity contribution in [3.8, 4) is 5.95 Å². The van der Waals surface area contributed by atoms with Crippen LogP contribution in [0.3, 0.4) is 0 Å². The number of anilines is 1. The summed E-state index contributed by atoms with van der Waals surface area (Å²) >= 11 is 0. The molecule has 3 rings (SSSR count). The van der Waals surface area contributed by atoms with Crippen LogP contribution in [0.5, 0.6) is 0 Å². The lowest BCUT2D eigenvalue weighted by Crippen LogP contribution is -2.26. The van der Waals surface area contributed by atoms with Gasteiger partial charge in [-0.05, 0) is 24.9 Å². The minimum Gasteiger partial charge on any atom is -0.316 e. The first-order chi connectivity index (χ1) is 10.6. The third kappa shape index (κ3) is 2.99. The Kier molecular flexibility index (Phi) is 4.15. The van der Waals surface area contributed by atoms with Crippen LogP contribution in [0.15, 0.2) is 24.5 Å². The predicted octanol–water partition coefficient (Wildman–Crippen LogP) is 1.33. The zero-order valence-electron chi connectivity index (χ0n) is 12.8. The number of aromatic nitrogens is 4. The Morgan fingerprint density at radius 1 is 1.41 bits per heavy atom. The minimum atomic E-state index is 0.00235. The van der Waals surface area contributed by atoms with Crippen LogP contribution >= 0.6 is 0 Å². The summed E-state index contributed by atoms with van der Waals surface area (Å²) < 4.78 is 1.59. The van der Waals surface area contributed by atoms with Crippen LogP contribution in [0.2, 0.25) is 0 Å². The minimum absolute atomic E-state index is 0.00235. The van der Waals surface area contributed by atoms with E-state index in [1.807, 2.05) is 6.07 Å². The summed E-state index contributed by atoms with van der Waals surface area (Å²) in [4.78, 5) is 20.8. The number of nitrogens with zero attached hydrogens (tertiary/aromatic N) is 4. The molecule has 1 atom stereocenters. The lowest BCUT2D eigenvalue weighted by molar-refractivity contribution is -0.119. The van der Waals surface area contributed by atoms with E-state index in [0.717, 1.165) is 25.2 Å². The smallest absolute Gasteiger partial charge is 0.252 e. The summed E-state index contributed by atoms with van der Waals surface area (Å²) in [5.74, 6) is 1.34. The molecule has 1 saturated heterocycles. The highest BCUT2D eigenvalue weighted by molar-refractivity contribution is 5.92. The number of hydrogen-bond acceptors (Lipinski definition) is 5. The lowest BCUT2D eigenvalue weighted by atomic mass is 10.1. The summed E-state index contributed by atoms with van der Waals surface area (Å²) in [5.41, 5.74) is 0.896. The molecular weight excluding hydrogens is 280 g/mol. The molecule has 0 bridgehead atoms. The van der Waals surface area contributed by atoms with Crippen molar-refractivity contribution in [2.24, 2.45) is 5.92 Å². The number of rotatable bonds is 4. The van der Waals surface area contributed by atoms with Crippen molar-refractivity contribution in [2.45, 2.75) is 26.2 Å². The lowest BCUT2D eigenvalue weighted by Gasteiger charge is -2.10. The highest BCUT2D eigenvalue weighted by Crippen LogP contribution is 2.21. The molecule has 2 aromatic heterocycles. The molecule has 1 aliphatic rings. The molecule has 2 N–H and O–H groups in total. The molecule has 0 radical (unpaired) electrons. The van der Waals surface area contributed by atoms with Gasteiger partial charge in [0.15, 0.2) is 0 Å². The van der Waals surface area contributed by atoms with Crippen LogP contribution in [-0.4, -0.2) is 38.7 Å². The van der Waals surface area contributed by atoms with Crippen LogP contribution in [0, 0.1) is 5.92 Å². The van der Waals surface area contributed by atoms with Crippen LogP contribution in [0.25, 0.3) is 5.95 Å². The van der Waals surface area contributed by atoms with Gasteiger partial charge in [0.1, 0.15) is 5.82 Å². The average Bonchev–Trinajstić information content (AvgIpc) is 3.17. The molecule has 2 aromatic rings. The van der Waals surface area contributed by atoms with Crippen LogP contribution in [0.4, 0.5) is 5.82 Å². The quantitative estimate of drug-likeness (QED) is 0.890. The van der Waals surface area contributed by atoms with Gasteiger partial charge in [0.25, 0.3) is 5.95 Å². The molecule has 7 nitrogen and oxygen atoms in total. The van der Waals surface area contributed by atoms with E-state index in [4.69, 9.17) is 0 Å². The summed E-state index contributed by atoms with van der Waals surface area (Å²) in [6, 6.07) is 3.64. The Hall–Kier alpha value is -2.28. The second-order valence-corrected chi connectivity index (χ2v) is 5.75. The molecule has 7 heteroatoms. The van der Waals surface area contributed by atoms with Gasteiger partial charge in [-0.2, -0.15) is 9.78 Å². The Bertz CT molecular complexity index is 645. The van der Waals surface area contributed by atoms with E-state index < -0.39 is 0 Å². The standard InChI is InChI=1S/C15H20N6O/c1-10(2)12-8-13(19-14(22)11-4-7-16-9-11)21(20-12)15-17-5-3-6-18-15/h3,5-6,8,10-11,16H,4,7,9H2,1-2H3,(H,19,22). The maximum Gasteiger partial charge on any atom is 0.252 e. The van der Waals surface area contributed by atoms with Gasteiger partial charge in [-0.25, -0.2) is 9.97 Å². The van der Waals surface area contributed by atoms with Crippen molar-refractivity contribution in [2.75, 3.05) is 18.4 Å². The van der Waals surface area contributed by atoms with E-state index in [1.54, 1.807) is 23.1 Å². The largest absolute Gasteiger partial charge is 0.316 e. The Labute approximate surface area is 129 Å². The number of hydrogen-bond donors (Lipinski definition) is 2. The molecule has 1 aliphatic heterocycles. The fourth-order valence-electron chi connectivity index (χ4n) is 2.43. The van der Waals surface area contributed by atoms with E-state index in [2.05, 4.69) is 39.5 Å². The van der Waals surface area contributed by atoms with E-state index in [9.17, 15) is 4.79 Å². The third-order valence-electron chi connectivity index (χ3n) is 3.74. The molecule has 116 valence electrons. The second kappa shape index (κ2) is 6.23. The monoisotopic (exact) mass is 300 g/mol. The molecule has 0 aromatic carbocycles. The van der Waals surface area contributed by atoms with Crippen LogP contribution < -0.4 is 10.6 Å². The van der Waals surface area contributed by atoms with E-state index >= 15 is 0 Å². The zero-order chi connectivity index (χ0) is 15.5. The Morgan fingerprint density at radius 2 is 2.18 bits per heavy atom. The fourth-order valence-corrected chi connectivity index (χ4v) is 2.43. The third-order valence-corrected chi connectivity index (χ3v) is 3.74. The van der Waals surface area contributed by atoms with Crippen LogP contribution in [0.1, 0.15) is 31.9 Å². The first kappa shape index (κ1) is 14.6. The molecule has 3 heterocycles. The highest BCUT2D eigenvalue weighted by atomic mass is 16.2. The Morgan fingerprint density at radius 3 is 2.82 bits per heavy atom. The van der Waals surface area contributed by atoms with Crippen molar-refractivity contribution >= 4 is 11.7 Å². The molecule has 22 heavy (non-hydrogen) atoms. The second-order valence-electron chi connectivity index (χ2n) is 5.75. The molecular formula is C15H20N6O. The number of carbonyl (C=O) groups excluding carboxylic acids is 1. The number of carbonyl (C=O) groups is 1. The van der Waals surface area contributed by atoms with Crippen molar-refractivity contribution in [3.05, 3.63) is 30.2 Å². The molecule has 1 fully saturated rings. The van der Waals surface area contributed by atoms with Gasteiger partial charge < -0.3 is 10.6 Å². The summed E-state index contributed by atoms with van der Waals surface area (Å²) in [6.45, 7) is 5.73. The first-order valence-electron chi connectivity index (χ1n) is 7.54. The van der Waals surface area contributed by atoms with Gasteiger partial charge in [-0.3, -0.25) is 4.79 Å². The number of amides is 1. The summed E-state index contributed by atoms with van der Waals surface area (Å²) in [5, 5.41) is 10.7. The van der Waals surface area contributed by atoms with Crippen molar-refractivity contribution in [1.82, 2.24) is 25.1 Å². The maximum atomic E-state index is 12.3. The van der Waals surface area contributed by atoms with E-state index in [0.29, 0.717) is 11.8 Å². The van der Waals surface area contributed by atoms with Gasteiger partial charge in [0.2, 0.25) is 5.91 Å². The molecule has 1 amide bonds. The van der Waals surface area contributed by atoms with Gasteiger partial charge in [-0.1, -0.05) is 13.8 Å². The van der Waals surface area contributed by atoms with Crippen LogP contribution in [-0.2, 0) is 4.79 Å². The maximum absolute atomic E-state index is 12.3. The molecule has 0 aliphatic carbocycles. The van der Waals surface area contributed by atoms with Crippen molar-refractivity contribution in [1.29, 1.82) is 0 Å². The van der Waals surface area contributed by atoms with Gasteiger partial charge in [0.05, 0.1) is 11.6 Å². The normalized spacial score (nSPS) is 17.9. The predicted molar refractivity (Wildman–Crippen MR) is 82.8 cm³/mol. The fraction of sp³-hybridized carbons (Fsp3) is 0.467. The van der Waals surface area contributed by atoms with E-state index in [1.165, 1.54) is 0 Å². The zero-order valence-corrected chi connectivity index (χ0v) is 12.8. The first-order valence-corrected chi connectivity index (χ1v) is 7.54. The van der Waals surface area contributed by atoms with Crippen molar-refractivity contribution < 1.29 is 4.79 Å². The Balaban J connectivity index is 1.90. The number of nitrogens with one attached hydrogen (secondary N) is 2. The van der Waals surface area contributed by atoms with Gasteiger partial charge >= 0.3 is 0 Å². The molecule has 0 spiro atoms. The summed E-state index contributed by atoms with van der Waals surface area (Å²) in [7, 11) is 0. The van der Waals surface area contributed by atoms with E-state index in [-0.39, 0.29) is 17.7 Å². The highest BCUT2D eigenvalue weighted by Gasteiger charge is 2.24. The van der Waals surface area contributed by atoms with Gasteiger partial charge in [-0.15, -0.1) is 0 Å².